The molecule has 6 rings (SSSR count). The van der Waals surface area contributed by atoms with Crippen LogP contribution in [0.25, 0.3) is 0 Å². The lowest BCUT2D eigenvalue weighted by atomic mass is 10.0. The Bertz CT molecular complexity index is 1710. The van der Waals surface area contributed by atoms with Crippen molar-refractivity contribution in [3.05, 3.63) is 156 Å². The van der Waals surface area contributed by atoms with E-state index in [1.165, 1.54) is 0 Å². The summed E-state index contributed by atoms with van der Waals surface area (Å²) < 4.78 is 19.8. The molecule has 0 aliphatic carbocycles. The van der Waals surface area contributed by atoms with Crippen LogP contribution in [0.3, 0.4) is 0 Å². The van der Waals surface area contributed by atoms with Crippen LogP contribution in [0.1, 0.15) is 73.4 Å². The molecule has 5 aromatic carbocycles. The molecule has 0 saturated carbocycles. The molecule has 250 valence electrons. The second-order valence-corrected chi connectivity index (χ2v) is 23.4. The van der Waals surface area contributed by atoms with Crippen molar-refractivity contribution < 1.29 is 23.2 Å². The molecule has 49 heavy (non-hydrogen) atoms. The van der Waals surface area contributed by atoms with Crippen LogP contribution in [-0.2, 0) is 26.8 Å². The van der Waals surface area contributed by atoms with E-state index in [1.54, 1.807) is 12.1 Å². The maximum atomic E-state index is 12.9. The molecule has 5 nitrogen and oxygen atoms in total. The summed E-state index contributed by atoms with van der Waals surface area (Å²) in [5.74, 6) is -1.27. The molecule has 0 spiro atoms. The minimum absolute atomic E-state index is 0.224. The summed E-state index contributed by atoms with van der Waals surface area (Å²) in [5.41, 5.74) is 2.13. The number of carbonyl (C=O) groups excluding carboxylic acids is 2. The minimum Gasteiger partial charge on any atom is -0.403 e. The summed E-state index contributed by atoms with van der Waals surface area (Å²) in [6, 6.07) is 45.5. The molecule has 0 unspecified atom stereocenters. The molecule has 5 aromatic rings. The lowest BCUT2D eigenvalue weighted by molar-refractivity contribution is 0.0443. The third kappa shape index (κ3) is 6.28. The minimum atomic E-state index is -2.92. The summed E-state index contributed by atoms with van der Waals surface area (Å²) in [4.78, 5) is 25.7. The fourth-order valence-electron chi connectivity index (χ4n) is 7.39. The lowest BCUT2D eigenvalue weighted by Crippen LogP contribution is -2.66. The quantitative estimate of drug-likeness (QED) is 0.0889. The third-order valence-electron chi connectivity index (χ3n) is 9.69. The molecule has 0 fully saturated rings. The standard InChI is InChI=1S/C42H44O5Si2/c1-41(2,3)48(33-19-11-7-12-20-33,34-21-13-8-14-22-34)45-29-31-27-37-38(40(44)47-39(37)43)28-32(31)30-46-49(42(4,5)6,35-23-15-9-16-24-35)36-25-17-10-18-26-36/h7-28H,29-30H2,1-6H3. The van der Waals surface area contributed by atoms with Gasteiger partial charge in [-0.2, -0.15) is 0 Å². The number of benzene rings is 5. The predicted octanol–water partition coefficient (Wildman–Crippen LogP) is 7.15. The average molecular weight is 685 g/mol. The number of esters is 2. The molecule has 1 heterocycles. The number of cyclic esters (lactones) is 2. The van der Waals surface area contributed by atoms with Gasteiger partial charge in [0.1, 0.15) is 0 Å². The second-order valence-electron chi connectivity index (χ2n) is 14.7. The largest absolute Gasteiger partial charge is 0.403 e. The number of rotatable bonds is 10. The number of fused-ring (bicyclic) bond motifs is 1. The Morgan fingerprint density at radius 3 is 0.980 bits per heavy atom. The van der Waals surface area contributed by atoms with E-state index in [-0.39, 0.29) is 34.4 Å². The van der Waals surface area contributed by atoms with Gasteiger partial charge in [-0.05, 0) is 54.1 Å². The van der Waals surface area contributed by atoms with Crippen LogP contribution in [-0.4, -0.2) is 28.6 Å². The van der Waals surface area contributed by atoms with Crippen molar-refractivity contribution in [2.75, 3.05) is 0 Å². The summed E-state index contributed by atoms with van der Waals surface area (Å²) in [6.45, 7) is 13.9. The summed E-state index contributed by atoms with van der Waals surface area (Å²) >= 11 is 0. The van der Waals surface area contributed by atoms with E-state index in [0.717, 1.165) is 31.9 Å². The first kappa shape index (κ1) is 34.5. The van der Waals surface area contributed by atoms with E-state index in [0.29, 0.717) is 0 Å². The Kier molecular flexibility index (Phi) is 9.48. The molecular formula is C42H44O5Si2. The average Bonchev–Trinajstić information content (AvgIpc) is 3.37. The van der Waals surface area contributed by atoms with E-state index < -0.39 is 28.6 Å². The van der Waals surface area contributed by atoms with Gasteiger partial charge >= 0.3 is 11.9 Å². The number of ether oxygens (including phenoxy) is 1. The van der Waals surface area contributed by atoms with Gasteiger partial charge in [0, 0.05) is 0 Å². The number of hydrogen-bond donors (Lipinski definition) is 0. The van der Waals surface area contributed by atoms with Gasteiger partial charge in [0.25, 0.3) is 16.6 Å². The van der Waals surface area contributed by atoms with Crippen molar-refractivity contribution in [3.63, 3.8) is 0 Å². The molecule has 7 heteroatoms. The van der Waals surface area contributed by atoms with Gasteiger partial charge in [-0.25, -0.2) is 9.59 Å². The molecule has 0 saturated heterocycles. The van der Waals surface area contributed by atoms with Crippen LogP contribution in [0, 0.1) is 0 Å². The molecule has 0 atom stereocenters. The number of carbonyl (C=O) groups is 2. The van der Waals surface area contributed by atoms with Crippen LogP contribution < -0.4 is 20.7 Å². The van der Waals surface area contributed by atoms with Gasteiger partial charge in [-0.3, -0.25) is 0 Å². The maximum absolute atomic E-state index is 12.9. The molecule has 0 amide bonds. The van der Waals surface area contributed by atoms with Crippen LogP contribution in [0.2, 0.25) is 10.1 Å². The maximum Gasteiger partial charge on any atom is 0.346 e. The SMILES string of the molecule is CC(C)(C)[Si](OCc1cc2c(cc1CO[Si](c1ccccc1)(c1ccccc1)C(C)(C)C)C(=O)OC2=O)(c1ccccc1)c1ccccc1. The van der Waals surface area contributed by atoms with Gasteiger partial charge in [-0.15, -0.1) is 0 Å². The van der Waals surface area contributed by atoms with Crippen LogP contribution >= 0.6 is 0 Å². The molecular weight excluding hydrogens is 641 g/mol. The van der Waals surface area contributed by atoms with Crippen molar-refractivity contribution >= 4 is 49.3 Å². The highest BCUT2D eigenvalue weighted by Gasteiger charge is 2.52. The Morgan fingerprint density at radius 2 is 0.735 bits per heavy atom. The normalized spacial score (nSPS) is 13.7. The second kappa shape index (κ2) is 13.5. The summed E-state index contributed by atoms with van der Waals surface area (Å²) in [5, 5.41) is 4.16. The van der Waals surface area contributed by atoms with E-state index in [9.17, 15) is 9.59 Å². The lowest BCUT2D eigenvalue weighted by Gasteiger charge is -2.44. The summed E-state index contributed by atoms with van der Waals surface area (Å²) in [7, 11) is -5.84. The van der Waals surface area contributed by atoms with Gasteiger partial charge < -0.3 is 13.6 Å². The fourth-order valence-corrected chi connectivity index (χ4v) is 16.4. The highest BCUT2D eigenvalue weighted by atomic mass is 28.4. The Hall–Kier alpha value is -4.41. The van der Waals surface area contributed by atoms with E-state index in [4.69, 9.17) is 13.6 Å². The van der Waals surface area contributed by atoms with Gasteiger partial charge in [0.05, 0.1) is 24.3 Å². The van der Waals surface area contributed by atoms with E-state index in [2.05, 4.69) is 139 Å². The van der Waals surface area contributed by atoms with Crippen LogP contribution in [0.4, 0.5) is 0 Å². The van der Waals surface area contributed by atoms with E-state index in [1.807, 2.05) is 24.3 Å². The van der Waals surface area contributed by atoms with Crippen molar-refractivity contribution in [3.8, 4) is 0 Å². The highest BCUT2D eigenvalue weighted by molar-refractivity contribution is 7.00. The van der Waals surface area contributed by atoms with Crippen molar-refractivity contribution in [1.29, 1.82) is 0 Å². The fraction of sp³-hybridized carbons (Fsp3) is 0.238. The molecule has 0 N–H and O–H groups in total. The summed E-state index contributed by atoms with van der Waals surface area (Å²) in [6.07, 6.45) is 0. The third-order valence-corrected chi connectivity index (χ3v) is 19.7. The first-order valence-corrected chi connectivity index (χ1v) is 20.6. The zero-order chi connectivity index (χ0) is 34.9. The first-order valence-electron chi connectivity index (χ1n) is 16.8. The molecule has 1 aliphatic rings. The van der Waals surface area contributed by atoms with E-state index >= 15 is 0 Å². The predicted molar refractivity (Wildman–Crippen MR) is 201 cm³/mol. The van der Waals surface area contributed by atoms with Crippen LogP contribution in [0.5, 0.6) is 0 Å². The van der Waals surface area contributed by atoms with Gasteiger partial charge in [0.15, 0.2) is 0 Å². The molecule has 0 aromatic heterocycles. The Morgan fingerprint density at radius 1 is 0.469 bits per heavy atom. The van der Waals surface area contributed by atoms with Gasteiger partial charge in [0.2, 0.25) is 0 Å². The van der Waals surface area contributed by atoms with Crippen molar-refractivity contribution in [2.45, 2.75) is 64.8 Å². The molecule has 0 bridgehead atoms. The molecule has 0 radical (unpaired) electrons. The monoisotopic (exact) mass is 684 g/mol. The first-order chi connectivity index (χ1) is 23.4. The highest BCUT2D eigenvalue weighted by Crippen LogP contribution is 2.40. The van der Waals surface area contributed by atoms with Crippen LogP contribution in [0.15, 0.2) is 133 Å². The topological polar surface area (TPSA) is 61.8 Å². The zero-order valence-corrected chi connectivity index (χ0v) is 31.2. The smallest absolute Gasteiger partial charge is 0.346 e. The van der Waals surface area contributed by atoms with Gasteiger partial charge in [-0.1, -0.05) is 163 Å². The zero-order valence-electron chi connectivity index (χ0n) is 29.2. The Labute approximate surface area is 292 Å². The molecule has 1 aliphatic heterocycles. The number of hydrogen-bond acceptors (Lipinski definition) is 5. The Balaban J connectivity index is 1.48. The van der Waals surface area contributed by atoms with Crippen molar-refractivity contribution in [1.82, 2.24) is 0 Å². The van der Waals surface area contributed by atoms with Crippen molar-refractivity contribution in [2.24, 2.45) is 0 Å².